The molecular formula is C17H20N2O4. The average molecular weight is 316 g/mol. The molecule has 0 saturated carbocycles. The third-order valence-corrected chi connectivity index (χ3v) is 3.25. The van der Waals surface area contributed by atoms with Crippen molar-refractivity contribution in [2.24, 2.45) is 0 Å². The van der Waals surface area contributed by atoms with Gasteiger partial charge in [0, 0.05) is 0 Å². The summed E-state index contributed by atoms with van der Waals surface area (Å²) in [5.41, 5.74) is 7.00. The summed E-state index contributed by atoms with van der Waals surface area (Å²) in [6.45, 7) is 5.89. The number of ether oxygens (including phenoxy) is 1. The highest BCUT2D eigenvalue weighted by Crippen LogP contribution is 2.27. The summed E-state index contributed by atoms with van der Waals surface area (Å²) in [7, 11) is 0. The van der Waals surface area contributed by atoms with E-state index in [4.69, 9.17) is 9.15 Å². The first-order valence-electron chi connectivity index (χ1n) is 7.32. The van der Waals surface area contributed by atoms with Gasteiger partial charge in [0.05, 0.1) is 11.8 Å². The molecule has 0 aliphatic rings. The Morgan fingerprint density at radius 3 is 2.65 bits per heavy atom. The molecule has 0 fully saturated rings. The van der Waals surface area contributed by atoms with Crippen LogP contribution in [0, 0.1) is 6.92 Å². The Bertz CT molecular complexity index is 678. The molecule has 0 saturated heterocycles. The molecule has 6 nitrogen and oxygen atoms in total. The van der Waals surface area contributed by atoms with Crippen LogP contribution in [0.25, 0.3) is 0 Å². The van der Waals surface area contributed by atoms with E-state index in [0.29, 0.717) is 11.3 Å². The van der Waals surface area contributed by atoms with E-state index in [1.165, 1.54) is 18.6 Å². The summed E-state index contributed by atoms with van der Waals surface area (Å²) in [6, 6.07) is 7.40. The second kappa shape index (κ2) is 7.49. The standard InChI is InChI=1S/C17H20N2O4/c1-11(2)14-5-4-12(3)8-15(14)23-10-16(20)18-19-17(21)13-6-7-22-9-13/h4-9,11H,10H2,1-3H3,(H,18,20)(H,19,21). The molecule has 2 amide bonds. The molecule has 2 aromatic rings. The maximum Gasteiger partial charge on any atom is 0.276 e. The van der Waals surface area contributed by atoms with Gasteiger partial charge >= 0.3 is 0 Å². The number of aryl methyl sites for hydroxylation is 1. The van der Waals surface area contributed by atoms with E-state index in [2.05, 4.69) is 24.7 Å². The predicted molar refractivity (Wildman–Crippen MR) is 85.1 cm³/mol. The van der Waals surface area contributed by atoms with Gasteiger partial charge < -0.3 is 9.15 Å². The van der Waals surface area contributed by atoms with Crippen molar-refractivity contribution in [3.8, 4) is 5.75 Å². The lowest BCUT2D eigenvalue weighted by Gasteiger charge is -2.14. The van der Waals surface area contributed by atoms with E-state index in [-0.39, 0.29) is 12.5 Å². The summed E-state index contributed by atoms with van der Waals surface area (Å²) in [5, 5.41) is 0. The summed E-state index contributed by atoms with van der Waals surface area (Å²) in [4.78, 5) is 23.4. The summed E-state index contributed by atoms with van der Waals surface area (Å²) < 4.78 is 10.4. The predicted octanol–water partition coefficient (Wildman–Crippen LogP) is 2.55. The molecule has 0 spiro atoms. The monoisotopic (exact) mass is 316 g/mol. The number of carbonyl (C=O) groups excluding carboxylic acids is 2. The van der Waals surface area contributed by atoms with Crippen molar-refractivity contribution in [3.63, 3.8) is 0 Å². The van der Waals surface area contributed by atoms with Gasteiger partial charge in [-0.15, -0.1) is 0 Å². The highest BCUT2D eigenvalue weighted by molar-refractivity contribution is 5.95. The SMILES string of the molecule is Cc1ccc(C(C)C)c(OCC(=O)NNC(=O)c2ccoc2)c1. The average Bonchev–Trinajstić information content (AvgIpc) is 3.04. The van der Waals surface area contributed by atoms with Crippen molar-refractivity contribution in [2.75, 3.05) is 6.61 Å². The van der Waals surface area contributed by atoms with Crippen molar-refractivity contribution in [2.45, 2.75) is 26.7 Å². The molecule has 1 aromatic heterocycles. The van der Waals surface area contributed by atoms with Crippen LogP contribution in [0.4, 0.5) is 0 Å². The van der Waals surface area contributed by atoms with Gasteiger partial charge in [-0.3, -0.25) is 20.4 Å². The number of hydrazine groups is 1. The fourth-order valence-corrected chi connectivity index (χ4v) is 2.02. The summed E-state index contributed by atoms with van der Waals surface area (Å²) >= 11 is 0. The van der Waals surface area contributed by atoms with Crippen LogP contribution in [0.15, 0.2) is 41.2 Å². The fourth-order valence-electron chi connectivity index (χ4n) is 2.02. The van der Waals surface area contributed by atoms with Crippen molar-refractivity contribution in [3.05, 3.63) is 53.5 Å². The Kier molecular flexibility index (Phi) is 5.41. The molecule has 0 atom stereocenters. The van der Waals surface area contributed by atoms with E-state index in [1.807, 2.05) is 25.1 Å². The minimum atomic E-state index is -0.453. The summed E-state index contributed by atoms with van der Waals surface area (Å²) in [6.07, 6.45) is 2.67. The van der Waals surface area contributed by atoms with E-state index in [9.17, 15) is 9.59 Å². The van der Waals surface area contributed by atoms with Gasteiger partial charge in [-0.25, -0.2) is 0 Å². The maximum absolute atomic E-state index is 11.8. The van der Waals surface area contributed by atoms with Gasteiger partial charge in [0.2, 0.25) is 0 Å². The highest BCUT2D eigenvalue weighted by Gasteiger charge is 2.11. The van der Waals surface area contributed by atoms with Gasteiger partial charge in [-0.1, -0.05) is 26.0 Å². The topological polar surface area (TPSA) is 80.6 Å². The third-order valence-electron chi connectivity index (χ3n) is 3.25. The maximum atomic E-state index is 11.8. The minimum Gasteiger partial charge on any atom is -0.483 e. The Balaban J connectivity index is 1.87. The molecular weight excluding hydrogens is 296 g/mol. The highest BCUT2D eigenvalue weighted by atomic mass is 16.5. The Hall–Kier alpha value is -2.76. The molecule has 0 aliphatic heterocycles. The van der Waals surface area contributed by atoms with Crippen LogP contribution in [-0.4, -0.2) is 18.4 Å². The van der Waals surface area contributed by atoms with E-state index in [1.54, 1.807) is 0 Å². The first-order valence-corrected chi connectivity index (χ1v) is 7.32. The second-order valence-corrected chi connectivity index (χ2v) is 5.50. The molecule has 23 heavy (non-hydrogen) atoms. The minimum absolute atomic E-state index is 0.186. The molecule has 0 bridgehead atoms. The van der Waals surface area contributed by atoms with Crippen LogP contribution in [0.1, 0.15) is 41.3 Å². The summed E-state index contributed by atoms with van der Waals surface area (Å²) in [5.74, 6) is 0.0642. The molecule has 1 aromatic carbocycles. The molecule has 2 rings (SSSR count). The number of benzene rings is 1. The van der Waals surface area contributed by atoms with Crippen LogP contribution >= 0.6 is 0 Å². The Labute approximate surface area is 134 Å². The van der Waals surface area contributed by atoms with Crippen LogP contribution in [0.5, 0.6) is 5.75 Å². The Morgan fingerprint density at radius 2 is 2.00 bits per heavy atom. The number of rotatable bonds is 5. The number of amides is 2. The zero-order valence-corrected chi connectivity index (χ0v) is 13.4. The van der Waals surface area contributed by atoms with Crippen molar-refractivity contribution >= 4 is 11.8 Å². The lowest BCUT2D eigenvalue weighted by molar-refractivity contribution is -0.123. The van der Waals surface area contributed by atoms with Gasteiger partial charge in [-0.05, 0) is 36.1 Å². The number of nitrogens with one attached hydrogen (secondary N) is 2. The number of carbonyl (C=O) groups is 2. The fraction of sp³-hybridized carbons (Fsp3) is 0.294. The first-order chi connectivity index (χ1) is 11.0. The molecule has 1 heterocycles. The van der Waals surface area contributed by atoms with Crippen LogP contribution in [0.2, 0.25) is 0 Å². The van der Waals surface area contributed by atoms with Crippen LogP contribution in [-0.2, 0) is 4.79 Å². The Morgan fingerprint density at radius 1 is 1.22 bits per heavy atom. The van der Waals surface area contributed by atoms with Crippen molar-refractivity contribution in [1.82, 2.24) is 10.9 Å². The quantitative estimate of drug-likeness (QED) is 0.831. The zero-order chi connectivity index (χ0) is 16.8. The third kappa shape index (κ3) is 4.60. The van der Waals surface area contributed by atoms with Gasteiger partial charge in [-0.2, -0.15) is 0 Å². The van der Waals surface area contributed by atoms with E-state index in [0.717, 1.165) is 11.1 Å². The van der Waals surface area contributed by atoms with Gasteiger partial charge in [0.1, 0.15) is 12.0 Å². The molecule has 122 valence electrons. The van der Waals surface area contributed by atoms with Gasteiger partial charge in [0.15, 0.2) is 6.61 Å². The molecule has 0 radical (unpaired) electrons. The smallest absolute Gasteiger partial charge is 0.276 e. The zero-order valence-electron chi connectivity index (χ0n) is 13.4. The van der Waals surface area contributed by atoms with E-state index >= 15 is 0 Å². The lowest BCUT2D eigenvalue weighted by Crippen LogP contribution is -2.43. The van der Waals surface area contributed by atoms with Crippen molar-refractivity contribution < 1.29 is 18.7 Å². The largest absolute Gasteiger partial charge is 0.483 e. The lowest BCUT2D eigenvalue weighted by atomic mass is 10.0. The van der Waals surface area contributed by atoms with Crippen LogP contribution < -0.4 is 15.6 Å². The number of hydrogen-bond donors (Lipinski definition) is 2. The van der Waals surface area contributed by atoms with Gasteiger partial charge in [0.25, 0.3) is 11.8 Å². The van der Waals surface area contributed by atoms with Crippen molar-refractivity contribution in [1.29, 1.82) is 0 Å². The number of furan rings is 1. The van der Waals surface area contributed by atoms with E-state index < -0.39 is 11.8 Å². The molecule has 0 unspecified atom stereocenters. The van der Waals surface area contributed by atoms with Crippen LogP contribution in [0.3, 0.4) is 0 Å². The molecule has 6 heteroatoms. The number of hydrogen-bond acceptors (Lipinski definition) is 4. The molecule has 0 aliphatic carbocycles. The first kappa shape index (κ1) is 16.6. The molecule has 2 N–H and O–H groups in total. The second-order valence-electron chi connectivity index (χ2n) is 5.50. The normalized spacial score (nSPS) is 10.4.